The van der Waals surface area contributed by atoms with E-state index in [1.807, 2.05) is 6.07 Å². The molecule has 0 radical (unpaired) electrons. The van der Waals surface area contributed by atoms with Crippen LogP contribution in [0.1, 0.15) is 35.4 Å². The van der Waals surface area contributed by atoms with Gasteiger partial charge in [0.25, 0.3) is 0 Å². The van der Waals surface area contributed by atoms with Crippen molar-refractivity contribution in [2.75, 3.05) is 13.1 Å². The molecule has 1 aromatic heterocycles. The molecule has 18 heavy (non-hydrogen) atoms. The van der Waals surface area contributed by atoms with Gasteiger partial charge in [-0.2, -0.15) is 5.26 Å². The van der Waals surface area contributed by atoms with E-state index in [4.69, 9.17) is 9.68 Å². The first-order valence-corrected chi connectivity index (χ1v) is 6.50. The molecule has 2 heterocycles. The quantitative estimate of drug-likeness (QED) is 0.808. The Hall–Kier alpha value is -1.60. The van der Waals surface area contributed by atoms with Gasteiger partial charge in [0.1, 0.15) is 11.6 Å². The Kier molecular flexibility index (Phi) is 2.92. The van der Waals surface area contributed by atoms with E-state index in [1.165, 1.54) is 12.7 Å². The van der Waals surface area contributed by atoms with Gasteiger partial charge in [0.2, 0.25) is 5.78 Å². The number of hydrogen-bond donors (Lipinski definition) is 1. The summed E-state index contributed by atoms with van der Waals surface area (Å²) in [6.45, 7) is 2.03. The van der Waals surface area contributed by atoms with Crippen molar-refractivity contribution in [3.05, 3.63) is 23.7 Å². The molecule has 4 heteroatoms. The lowest BCUT2D eigenvalue weighted by molar-refractivity contribution is 0.0753. The van der Waals surface area contributed by atoms with Crippen molar-refractivity contribution in [1.29, 1.82) is 5.26 Å². The summed E-state index contributed by atoms with van der Waals surface area (Å²) in [5.74, 6) is 1.52. The molecule has 2 aliphatic rings. The number of rotatable bonds is 2. The van der Waals surface area contributed by atoms with Gasteiger partial charge in [-0.15, -0.1) is 0 Å². The van der Waals surface area contributed by atoms with E-state index >= 15 is 0 Å². The standard InChI is InChI=1S/C14H16N2O2/c15-6-11-1-2-18-14(11)13(17)12-4-9-3-10(5-12)8-16-7-9/h1-2,9-10,12,16H,3-5,7-8H2. The predicted octanol–water partition coefficient (Wildman–Crippen LogP) is 1.97. The second kappa shape index (κ2) is 4.58. The fraction of sp³-hybridized carbons (Fsp3) is 0.571. The molecule has 1 aliphatic carbocycles. The van der Waals surface area contributed by atoms with E-state index in [1.54, 1.807) is 6.07 Å². The van der Waals surface area contributed by atoms with E-state index in [-0.39, 0.29) is 17.5 Å². The van der Waals surface area contributed by atoms with Gasteiger partial charge in [-0.1, -0.05) is 0 Å². The number of Topliss-reactive ketones (excluding diaryl/α,β-unsaturated/α-hetero) is 1. The number of nitrogens with zero attached hydrogens (tertiary/aromatic N) is 1. The summed E-state index contributed by atoms with van der Waals surface area (Å²) < 4.78 is 5.21. The predicted molar refractivity (Wildman–Crippen MR) is 64.9 cm³/mol. The summed E-state index contributed by atoms with van der Waals surface area (Å²) in [6, 6.07) is 3.59. The topological polar surface area (TPSA) is 66.0 Å². The van der Waals surface area contributed by atoms with Gasteiger partial charge in [-0.25, -0.2) is 0 Å². The van der Waals surface area contributed by atoms with Crippen molar-refractivity contribution < 1.29 is 9.21 Å². The highest BCUT2D eigenvalue weighted by Gasteiger charge is 2.36. The van der Waals surface area contributed by atoms with Gasteiger partial charge in [-0.3, -0.25) is 4.79 Å². The molecule has 1 aromatic rings. The van der Waals surface area contributed by atoms with Gasteiger partial charge in [0, 0.05) is 5.92 Å². The monoisotopic (exact) mass is 244 g/mol. The minimum absolute atomic E-state index is 0.0214. The maximum atomic E-state index is 12.4. The molecule has 1 N–H and O–H groups in total. The first kappa shape index (κ1) is 11.5. The second-order valence-corrected chi connectivity index (χ2v) is 5.43. The Labute approximate surface area is 106 Å². The second-order valence-electron chi connectivity index (χ2n) is 5.43. The van der Waals surface area contributed by atoms with Crippen LogP contribution in [0.25, 0.3) is 0 Å². The zero-order valence-corrected chi connectivity index (χ0v) is 10.2. The molecule has 2 fully saturated rings. The van der Waals surface area contributed by atoms with E-state index in [0.717, 1.165) is 25.9 Å². The van der Waals surface area contributed by atoms with Gasteiger partial charge >= 0.3 is 0 Å². The zero-order valence-electron chi connectivity index (χ0n) is 10.2. The van der Waals surface area contributed by atoms with E-state index in [0.29, 0.717) is 17.4 Å². The lowest BCUT2D eigenvalue weighted by atomic mass is 9.71. The van der Waals surface area contributed by atoms with Crippen LogP contribution in [-0.2, 0) is 0 Å². The number of fused-ring (bicyclic) bond motifs is 2. The fourth-order valence-corrected chi connectivity index (χ4v) is 3.38. The average molecular weight is 244 g/mol. The number of nitrogens with one attached hydrogen (secondary N) is 1. The van der Waals surface area contributed by atoms with Crippen LogP contribution in [0.5, 0.6) is 0 Å². The third-order valence-electron chi connectivity index (χ3n) is 4.15. The van der Waals surface area contributed by atoms with E-state index < -0.39 is 0 Å². The number of carbonyl (C=O) groups is 1. The number of ketones is 1. The Morgan fingerprint density at radius 1 is 1.33 bits per heavy atom. The number of hydrogen-bond acceptors (Lipinski definition) is 4. The number of piperidine rings is 1. The molecule has 3 rings (SSSR count). The lowest BCUT2D eigenvalue weighted by Gasteiger charge is -2.38. The van der Waals surface area contributed by atoms with Crippen LogP contribution in [0.4, 0.5) is 0 Å². The molecule has 0 amide bonds. The smallest absolute Gasteiger partial charge is 0.202 e. The molecular formula is C14H16N2O2. The van der Waals surface area contributed by atoms with Crippen molar-refractivity contribution in [3.63, 3.8) is 0 Å². The number of nitriles is 1. The highest BCUT2D eigenvalue weighted by atomic mass is 16.3. The molecule has 1 saturated carbocycles. The maximum absolute atomic E-state index is 12.4. The first-order valence-electron chi connectivity index (χ1n) is 6.50. The highest BCUT2D eigenvalue weighted by Crippen LogP contribution is 2.37. The van der Waals surface area contributed by atoms with E-state index in [2.05, 4.69) is 5.32 Å². The molecule has 0 spiro atoms. The maximum Gasteiger partial charge on any atom is 0.202 e. The molecule has 2 bridgehead atoms. The molecule has 2 unspecified atom stereocenters. The van der Waals surface area contributed by atoms with Crippen LogP contribution in [0.2, 0.25) is 0 Å². The molecule has 94 valence electrons. The van der Waals surface area contributed by atoms with Crippen LogP contribution < -0.4 is 5.32 Å². The SMILES string of the molecule is N#Cc1ccoc1C(=O)C1CC2CNCC(C2)C1. The summed E-state index contributed by atoms with van der Waals surface area (Å²) >= 11 is 0. The van der Waals surface area contributed by atoms with Crippen LogP contribution >= 0.6 is 0 Å². The van der Waals surface area contributed by atoms with E-state index in [9.17, 15) is 4.79 Å². The Morgan fingerprint density at radius 2 is 2.06 bits per heavy atom. The highest BCUT2D eigenvalue weighted by molar-refractivity contribution is 5.97. The normalized spacial score (nSPS) is 30.7. The summed E-state index contributed by atoms with van der Waals surface area (Å²) in [5.41, 5.74) is 0.369. The Bertz CT molecular complexity index is 488. The number of furan rings is 1. The average Bonchev–Trinajstić information content (AvgIpc) is 2.85. The van der Waals surface area contributed by atoms with Gasteiger partial charge in [-0.05, 0) is 50.3 Å². The lowest BCUT2D eigenvalue weighted by Crippen LogP contribution is -2.43. The largest absolute Gasteiger partial charge is 0.460 e. The van der Waals surface area contributed by atoms with Gasteiger partial charge < -0.3 is 9.73 Å². The van der Waals surface area contributed by atoms with Crippen LogP contribution in [0, 0.1) is 29.1 Å². The molecule has 0 aromatic carbocycles. The molecule has 2 atom stereocenters. The number of carbonyl (C=O) groups excluding carboxylic acids is 1. The summed E-state index contributed by atoms with van der Waals surface area (Å²) in [4.78, 5) is 12.4. The Morgan fingerprint density at radius 3 is 2.72 bits per heavy atom. The van der Waals surface area contributed by atoms with Crippen LogP contribution in [0.15, 0.2) is 16.7 Å². The van der Waals surface area contributed by atoms with Crippen molar-refractivity contribution in [1.82, 2.24) is 5.32 Å². The molecule has 4 nitrogen and oxygen atoms in total. The fourth-order valence-electron chi connectivity index (χ4n) is 3.38. The van der Waals surface area contributed by atoms with Crippen LogP contribution in [-0.4, -0.2) is 18.9 Å². The van der Waals surface area contributed by atoms with Crippen molar-refractivity contribution >= 4 is 5.78 Å². The third-order valence-corrected chi connectivity index (χ3v) is 4.15. The minimum Gasteiger partial charge on any atom is -0.460 e. The van der Waals surface area contributed by atoms with Crippen molar-refractivity contribution in [3.8, 4) is 6.07 Å². The van der Waals surface area contributed by atoms with Gasteiger partial charge in [0.15, 0.2) is 5.76 Å². The summed E-state index contributed by atoms with van der Waals surface area (Å²) in [7, 11) is 0. The van der Waals surface area contributed by atoms with Crippen molar-refractivity contribution in [2.45, 2.75) is 19.3 Å². The molecule has 1 aliphatic heterocycles. The third kappa shape index (κ3) is 1.95. The zero-order chi connectivity index (χ0) is 12.5. The van der Waals surface area contributed by atoms with Crippen molar-refractivity contribution in [2.24, 2.45) is 17.8 Å². The van der Waals surface area contributed by atoms with Gasteiger partial charge in [0.05, 0.1) is 6.26 Å². The van der Waals surface area contributed by atoms with Crippen LogP contribution in [0.3, 0.4) is 0 Å². The molecule has 1 saturated heterocycles. The first-order chi connectivity index (χ1) is 8.78. The summed E-state index contributed by atoms with van der Waals surface area (Å²) in [5, 5.41) is 12.4. The Balaban J connectivity index is 1.79. The minimum atomic E-state index is 0.0214. The molecular weight excluding hydrogens is 228 g/mol. The summed E-state index contributed by atoms with van der Waals surface area (Å²) in [6.07, 6.45) is 4.51.